The number of nitrogens with zero attached hydrogens (tertiary/aromatic N) is 1. The molecule has 0 radical (unpaired) electrons. The molecule has 0 saturated carbocycles. The van der Waals surface area contributed by atoms with E-state index in [1.54, 1.807) is 12.1 Å². The summed E-state index contributed by atoms with van der Waals surface area (Å²) in [5.74, 6) is -0.387. The molecule has 1 saturated heterocycles. The summed E-state index contributed by atoms with van der Waals surface area (Å²) in [5, 5.41) is 6.06. The van der Waals surface area contributed by atoms with Gasteiger partial charge in [-0.25, -0.2) is 4.39 Å². The summed E-state index contributed by atoms with van der Waals surface area (Å²) in [7, 11) is 0. The highest BCUT2D eigenvalue weighted by Gasteiger charge is 2.18. The quantitative estimate of drug-likeness (QED) is 0.845. The zero-order valence-corrected chi connectivity index (χ0v) is 12.6. The molecule has 0 bridgehead atoms. The SMILES string of the molecule is CCCN1CCC(NCC(=O)Nc2ccc(F)cc2)CC1. The van der Waals surface area contributed by atoms with E-state index >= 15 is 0 Å². The van der Waals surface area contributed by atoms with Gasteiger partial charge in [0.05, 0.1) is 6.54 Å². The highest BCUT2D eigenvalue weighted by molar-refractivity contribution is 5.92. The number of halogens is 1. The number of rotatable bonds is 6. The molecule has 0 spiro atoms. The maximum Gasteiger partial charge on any atom is 0.238 e. The number of carbonyl (C=O) groups is 1. The van der Waals surface area contributed by atoms with Crippen LogP contribution in [0.4, 0.5) is 10.1 Å². The topological polar surface area (TPSA) is 44.4 Å². The molecule has 5 heteroatoms. The van der Waals surface area contributed by atoms with Gasteiger partial charge in [-0.2, -0.15) is 0 Å². The summed E-state index contributed by atoms with van der Waals surface area (Å²) in [6.07, 6.45) is 3.37. The molecule has 2 N–H and O–H groups in total. The van der Waals surface area contributed by atoms with Crippen LogP contribution < -0.4 is 10.6 Å². The summed E-state index contributed by atoms with van der Waals surface area (Å²) >= 11 is 0. The normalized spacial score (nSPS) is 16.9. The summed E-state index contributed by atoms with van der Waals surface area (Å²) in [5.41, 5.74) is 0.626. The van der Waals surface area contributed by atoms with Crippen molar-refractivity contribution in [1.82, 2.24) is 10.2 Å². The van der Waals surface area contributed by atoms with Gasteiger partial charge in [0.25, 0.3) is 0 Å². The van der Waals surface area contributed by atoms with Gasteiger partial charge in [0.1, 0.15) is 5.82 Å². The van der Waals surface area contributed by atoms with Crippen LogP contribution >= 0.6 is 0 Å². The predicted octanol–water partition coefficient (Wildman–Crippen LogP) is 2.23. The first-order valence-corrected chi connectivity index (χ1v) is 7.68. The fourth-order valence-electron chi connectivity index (χ4n) is 2.65. The maximum atomic E-state index is 12.8. The van der Waals surface area contributed by atoms with E-state index in [4.69, 9.17) is 0 Å². The second-order valence-corrected chi connectivity index (χ2v) is 5.55. The third-order valence-electron chi connectivity index (χ3n) is 3.81. The van der Waals surface area contributed by atoms with E-state index in [0.29, 0.717) is 18.3 Å². The van der Waals surface area contributed by atoms with E-state index in [2.05, 4.69) is 22.5 Å². The first kappa shape index (κ1) is 15.9. The van der Waals surface area contributed by atoms with Gasteiger partial charge in [-0.1, -0.05) is 6.92 Å². The van der Waals surface area contributed by atoms with Crippen molar-refractivity contribution in [2.75, 3.05) is 31.5 Å². The first-order chi connectivity index (χ1) is 10.2. The zero-order valence-electron chi connectivity index (χ0n) is 12.6. The number of benzene rings is 1. The molecule has 1 heterocycles. The molecule has 116 valence electrons. The Morgan fingerprint density at radius 1 is 1.29 bits per heavy atom. The second kappa shape index (κ2) is 8.10. The highest BCUT2D eigenvalue weighted by Crippen LogP contribution is 2.11. The Bertz CT molecular complexity index is 441. The van der Waals surface area contributed by atoms with Gasteiger partial charge in [-0.05, 0) is 63.2 Å². The van der Waals surface area contributed by atoms with Gasteiger partial charge in [0.2, 0.25) is 5.91 Å². The molecule has 1 aromatic rings. The van der Waals surface area contributed by atoms with E-state index in [-0.39, 0.29) is 11.7 Å². The van der Waals surface area contributed by atoms with E-state index in [1.165, 1.54) is 18.6 Å². The van der Waals surface area contributed by atoms with E-state index in [1.807, 2.05) is 0 Å². The van der Waals surface area contributed by atoms with Crippen LogP contribution in [0.3, 0.4) is 0 Å². The minimum atomic E-state index is -0.301. The Morgan fingerprint density at radius 3 is 2.57 bits per heavy atom. The molecule has 1 aliphatic heterocycles. The minimum absolute atomic E-state index is 0.0856. The monoisotopic (exact) mass is 293 g/mol. The number of nitrogens with one attached hydrogen (secondary N) is 2. The molecule has 1 aliphatic rings. The van der Waals surface area contributed by atoms with Gasteiger partial charge >= 0.3 is 0 Å². The molecular weight excluding hydrogens is 269 g/mol. The molecule has 0 atom stereocenters. The van der Waals surface area contributed by atoms with Gasteiger partial charge in [0.15, 0.2) is 0 Å². The van der Waals surface area contributed by atoms with Gasteiger partial charge in [-0.15, -0.1) is 0 Å². The maximum absolute atomic E-state index is 12.8. The zero-order chi connectivity index (χ0) is 15.1. The second-order valence-electron chi connectivity index (χ2n) is 5.55. The van der Waals surface area contributed by atoms with Crippen LogP contribution in [0, 0.1) is 5.82 Å². The number of hydrogen-bond donors (Lipinski definition) is 2. The van der Waals surface area contributed by atoms with Crippen molar-refractivity contribution in [2.24, 2.45) is 0 Å². The van der Waals surface area contributed by atoms with E-state index in [0.717, 1.165) is 32.5 Å². The smallest absolute Gasteiger partial charge is 0.238 e. The molecule has 1 fully saturated rings. The molecule has 1 aromatic carbocycles. The van der Waals surface area contributed by atoms with Crippen LogP contribution in [-0.4, -0.2) is 43.0 Å². The van der Waals surface area contributed by atoms with E-state index in [9.17, 15) is 9.18 Å². The molecule has 2 rings (SSSR count). The summed E-state index contributed by atoms with van der Waals surface area (Å²) in [6, 6.07) is 6.23. The number of anilines is 1. The third kappa shape index (κ3) is 5.44. The minimum Gasteiger partial charge on any atom is -0.325 e. The van der Waals surface area contributed by atoms with Crippen LogP contribution in [0.2, 0.25) is 0 Å². The average molecular weight is 293 g/mol. The Morgan fingerprint density at radius 2 is 1.95 bits per heavy atom. The van der Waals surface area contributed by atoms with Crippen LogP contribution in [0.5, 0.6) is 0 Å². The lowest BCUT2D eigenvalue weighted by Gasteiger charge is -2.32. The number of likely N-dealkylation sites (tertiary alicyclic amines) is 1. The Balaban J connectivity index is 1.66. The Kier molecular flexibility index (Phi) is 6.14. The van der Waals surface area contributed by atoms with Gasteiger partial charge < -0.3 is 15.5 Å². The summed E-state index contributed by atoms with van der Waals surface area (Å²) in [6.45, 7) is 5.87. The van der Waals surface area contributed by atoms with E-state index < -0.39 is 0 Å². The third-order valence-corrected chi connectivity index (χ3v) is 3.81. The number of piperidine rings is 1. The lowest BCUT2D eigenvalue weighted by molar-refractivity contribution is -0.115. The fraction of sp³-hybridized carbons (Fsp3) is 0.562. The van der Waals surface area contributed by atoms with Crippen LogP contribution in [-0.2, 0) is 4.79 Å². The summed E-state index contributed by atoms with van der Waals surface area (Å²) < 4.78 is 12.8. The van der Waals surface area contributed by atoms with Crippen molar-refractivity contribution in [3.8, 4) is 0 Å². The predicted molar refractivity (Wildman–Crippen MR) is 82.8 cm³/mol. The first-order valence-electron chi connectivity index (χ1n) is 7.68. The lowest BCUT2D eigenvalue weighted by Crippen LogP contribution is -2.44. The molecule has 21 heavy (non-hydrogen) atoms. The van der Waals surface area contributed by atoms with Crippen molar-refractivity contribution in [3.05, 3.63) is 30.1 Å². The largest absolute Gasteiger partial charge is 0.325 e. The van der Waals surface area contributed by atoms with Gasteiger partial charge in [0, 0.05) is 11.7 Å². The lowest BCUT2D eigenvalue weighted by atomic mass is 10.0. The van der Waals surface area contributed by atoms with Crippen LogP contribution in [0.25, 0.3) is 0 Å². The van der Waals surface area contributed by atoms with Crippen molar-refractivity contribution < 1.29 is 9.18 Å². The standard InChI is InChI=1S/C16H24FN3O/c1-2-9-20-10-7-14(8-11-20)18-12-16(21)19-15-5-3-13(17)4-6-15/h3-6,14,18H,2,7-12H2,1H3,(H,19,21). The number of carbonyl (C=O) groups excluding carboxylic acids is 1. The van der Waals surface area contributed by atoms with Crippen LogP contribution in [0.1, 0.15) is 26.2 Å². The molecule has 0 aromatic heterocycles. The van der Waals surface area contributed by atoms with Crippen LogP contribution in [0.15, 0.2) is 24.3 Å². The molecule has 4 nitrogen and oxygen atoms in total. The van der Waals surface area contributed by atoms with Crippen molar-refractivity contribution >= 4 is 11.6 Å². The van der Waals surface area contributed by atoms with Crippen molar-refractivity contribution in [3.63, 3.8) is 0 Å². The molecule has 1 amide bonds. The summed E-state index contributed by atoms with van der Waals surface area (Å²) in [4.78, 5) is 14.3. The molecular formula is C16H24FN3O. The number of hydrogen-bond acceptors (Lipinski definition) is 3. The average Bonchev–Trinajstić information content (AvgIpc) is 2.49. The van der Waals surface area contributed by atoms with Crippen molar-refractivity contribution in [2.45, 2.75) is 32.2 Å². The molecule has 0 unspecified atom stereocenters. The fourth-order valence-corrected chi connectivity index (χ4v) is 2.65. The molecule has 0 aliphatic carbocycles. The highest BCUT2D eigenvalue weighted by atomic mass is 19.1. The van der Waals surface area contributed by atoms with Gasteiger partial charge in [-0.3, -0.25) is 4.79 Å². The Labute approximate surface area is 125 Å². The number of amides is 1. The Hall–Kier alpha value is -1.46. The van der Waals surface area contributed by atoms with Crippen molar-refractivity contribution in [1.29, 1.82) is 0 Å².